The number of allylic oxidation sites excluding steroid dienone is 1. The standard InChI is InChI=1S/C37H44ClN3O6S/c1-24-6-4-15-37(45-3,20-34-39-16-17-46-34)31-11-8-28(31)21-41-22-36(14-5-7-26-18-29(38)10-12-30(26)36)23-47-33-13-9-27(19-32(33)41)35(42)40-48(43,44)25(24)2/h4,9-10,12-13,15-19,24-25,28,31H,5-8,11,14,20-23H2,1-3H3,(H,40,42)/b15-4-/t24-,25+,28-,31+,36-,37+/m0/s1. The van der Waals surface area contributed by atoms with Crippen LogP contribution in [0.25, 0.3) is 0 Å². The van der Waals surface area contributed by atoms with Gasteiger partial charge in [-0.2, -0.15) is 0 Å². The van der Waals surface area contributed by atoms with E-state index < -0.39 is 26.8 Å². The Labute approximate surface area is 288 Å². The van der Waals surface area contributed by atoms with E-state index in [1.165, 1.54) is 11.1 Å². The molecule has 11 heteroatoms. The van der Waals surface area contributed by atoms with Crippen LogP contribution in [0.4, 0.5) is 5.69 Å². The first-order valence-electron chi connectivity index (χ1n) is 17.0. The van der Waals surface area contributed by atoms with Crippen LogP contribution >= 0.6 is 11.6 Å². The third-order valence-electron chi connectivity index (χ3n) is 11.5. The summed E-state index contributed by atoms with van der Waals surface area (Å²) >= 11 is 6.46. The van der Waals surface area contributed by atoms with Gasteiger partial charge in [-0.05, 0) is 105 Å². The Hall–Kier alpha value is -3.34. The molecule has 2 aromatic carbocycles. The third kappa shape index (κ3) is 6.05. The number of nitrogens with zero attached hydrogens (tertiary/aromatic N) is 2. The number of aromatic nitrogens is 1. The first-order chi connectivity index (χ1) is 23.0. The van der Waals surface area contributed by atoms with Gasteiger partial charge in [0.05, 0.1) is 35.8 Å². The van der Waals surface area contributed by atoms with Gasteiger partial charge >= 0.3 is 0 Å². The number of hydrogen-bond donors (Lipinski definition) is 1. The van der Waals surface area contributed by atoms with Crippen molar-refractivity contribution in [1.29, 1.82) is 0 Å². The highest BCUT2D eigenvalue weighted by atomic mass is 35.5. The maximum Gasteiger partial charge on any atom is 0.264 e. The first kappa shape index (κ1) is 33.2. The largest absolute Gasteiger partial charge is 0.490 e. The number of benzene rings is 2. The number of aryl methyl sites for hydroxylation is 1. The van der Waals surface area contributed by atoms with E-state index in [2.05, 4.69) is 32.8 Å². The lowest BCUT2D eigenvalue weighted by atomic mass is 9.63. The molecule has 1 aromatic heterocycles. The van der Waals surface area contributed by atoms with E-state index in [1.807, 2.05) is 25.1 Å². The van der Waals surface area contributed by atoms with E-state index >= 15 is 0 Å². The highest BCUT2D eigenvalue weighted by Crippen LogP contribution is 2.49. The Morgan fingerprint density at radius 2 is 2.02 bits per heavy atom. The van der Waals surface area contributed by atoms with E-state index in [0.717, 1.165) is 42.8 Å². The summed E-state index contributed by atoms with van der Waals surface area (Å²) in [4.78, 5) is 20.4. The molecule has 2 aliphatic carbocycles. The van der Waals surface area contributed by atoms with Crippen molar-refractivity contribution in [2.45, 2.75) is 75.1 Å². The van der Waals surface area contributed by atoms with E-state index in [9.17, 15) is 13.2 Å². The van der Waals surface area contributed by atoms with Crippen molar-refractivity contribution in [2.24, 2.45) is 17.8 Å². The van der Waals surface area contributed by atoms with Crippen molar-refractivity contribution in [3.8, 4) is 5.75 Å². The smallest absolute Gasteiger partial charge is 0.264 e. The lowest BCUT2D eigenvalue weighted by molar-refractivity contribution is -0.0776. The number of fused-ring (bicyclic) bond motifs is 4. The molecule has 0 radical (unpaired) electrons. The first-order valence-corrected chi connectivity index (χ1v) is 18.9. The van der Waals surface area contributed by atoms with Crippen LogP contribution in [0, 0.1) is 17.8 Å². The molecule has 6 atom stereocenters. The van der Waals surface area contributed by atoms with Gasteiger partial charge in [-0.3, -0.25) is 4.79 Å². The van der Waals surface area contributed by atoms with Gasteiger partial charge in [-0.1, -0.05) is 36.7 Å². The van der Waals surface area contributed by atoms with Crippen molar-refractivity contribution in [3.63, 3.8) is 0 Å². The summed E-state index contributed by atoms with van der Waals surface area (Å²) < 4.78 is 48.1. The molecule has 0 unspecified atom stereocenters. The van der Waals surface area contributed by atoms with E-state index in [-0.39, 0.29) is 28.7 Å². The summed E-state index contributed by atoms with van der Waals surface area (Å²) in [5.74, 6) is 0.813. The van der Waals surface area contributed by atoms with Crippen LogP contribution in [0.1, 0.15) is 73.3 Å². The molecule has 4 aliphatic rings. The second-order valence-corrected chi connectivity index (χ2v) is 16.8. The molecule has 1 fully saturated rings. The Balaban J connectivity index is 1.34. The molecule has 48 heavy (non-hydrogen) atoms. The minimum Gasteiger partial charge on any atom is -0.490 e. The average molecular weight is 694 g/mol. The van der Waals surface area contributed by atoms with Gasteiger partial charge in [0, 0.05) is 36.2 Å². The molecule has 3 aromatic rings. The van der Waals surface area contributed by atoms with Crippen LogP contribution in [0.5, 0.6) is 5.75 Å². The molecule has 2 bridgehead atoms. The zero-order chi connectivity index (χ0) is 33.7. The number of anilines is 1. The van der Waals surface area contributed by atoms with Crippen molar-refractivity contribution in [2.75, 3.05) is 31.7 Å². The molecule has 0 saturated heterocycles. The normalized spacial score (nSPS) is 32.2. The quantitative estimate of drug-likeness (QED) is 0.310. The second kappa shape index (κ2) is 12.8. The zero-order valence-electron chi connectivity index (χ0n) is 27.8. The summed E-state index contributed by atoms with van der Waals surface area (Å²) in [7, 11) is -2.22. The number of methoxy groups -OCH3 is 1. The van der Waals surface area contributed by atoms with Gasteiger partial charge in [0.2, 0.25) is 10.0 Å². The highest BCUT2D eigenvalue weighted by Gasteiger charge is 2.49. The highest BCUT2D eigenvalue weighted by molar-refractivity contribution is 7.90. The number of oxazole rings is 1. The van der Waals surface area contributed by atoms with Crippen LogP contribution in [-0.2, 0) is 33.0 Å². The number of ether oxygens (including phenoxy) is 2. The number of rotatable bonds is 3. The molecule has 1 N–H and O–H groups in total. The average Bonchev–Trinajstić information content (AvgIpc) is 3.51. The summed E-state index contributed by atoms with van der Waals surface area (Å²) in [6.07, 6.45) is 13.3. The predicted octanol–water partition coefficient (Wildman–Crippen LogP) is 6.50. The van der Waals surface area contributed by atoms with Gasteiger partial charge in [-0.25, -0.2) is 18.1 Å². The van der Waals surface area contributed by atoms with Crippen LogP contribution in [-0.4, -0.2) is 57.0 Å². The summed E-state index contributed by atoms with van der Waals surface area (Å²) in [5, 5.41) is -0.0743. The third-order valence-corrected chi connectivity index (χ3v) is 13.7. The van der Waals surface area contributed by atoms with Crippen molar-refractivity contribution >= 4 is 33.2 Å². The molecule has 1 amide bonds. The van der Waals surface area contributed by atoms with Crippen LogP contribution in [0.2, 0.25) is 5.02 Å². The number of halogens is 1. The molecule has 9 nitrogen and oxygen atoms in total. The summed E-state index contributed by atoms with van der Waals surface area (Å²) in [6, 6.07) is 11.5. The zero-order valence-corrected chi connectivity index (χ0v) is 29.4. The maximum atomic E-state index is 13.5. The van der Waals surface area contributed by atoms with Gasteiger partial charge in [-0.15, -0.1) is 0 Å². The van der Waals surface area contributed by atoms with Gasteiger partial charge in [0.25, 0.3) is 5.91 Å². The predicted molar refractivity (Wildman–Crippen MR) is 185 cm³/mol. The SMILES string of the molecule is CO[C@@]1(Cc2ncco2)/C=C\C[C@H](C)[C@@H](C)S(=O)(=O)NC(=O)c2ccc3c(c2)N(C[C@@H]2CC[C@H]21)C[C@@]1(CCCc2cc(Cl)ccc21)CO3. The Bertz CT molecular complexity index is 1810. The van der Waals surface area contributed by atoms with Gasteiger partial charge < -0.3 is 18.8 Å². The van der Waals surface area contributed by atoms with E-state index in [1.54, 1.807) is 38.6 Å². The molecule has 2 aliphatic heterocycles. The number of amides is 1. The summed E-state index contributed by atoms with van der Waals surface area (Å²) in [6.45, 7) is 5.43. The number of hydrogen-bond acceptors (Lipinski definition) is 8. The molecule has 1 spiro atoms. The van der Waals surface area contributed by atoms with Crippen molar-refractivity contribution in [1.82, 2.24) is 9.71 Å². The Morgan fingerprint density at radius 1 is 1.17 bits per heavy atom. The fourth-order valence-corrected chi connectivity index (χ4v) is 9.89. The molecular formula is C37H44ClN3O6S. The Kier molecular flexibility index (Phi) is 8.87. The van der Waals surface area contributed by atoms with Crippen LogP contribution in [0.15, 0.2) is 65.4 Å². The van der Waals surface area contributed by atoms with Crippen molar-refractivity contribution < 1.29 is 27.1 Å². The monoisotopic (exact) mass is 693 g/mol. The minimum absolute atomic E-state index is 0.155. The fourth-order valence-electron chi connectivity index (χ4n) is 8.41. The van der Waals surface area contributed by atoms with Crippen LogP contribution < -0.4 is 14.4 Å². The van der Waals surface area contributed by atoms with Gasteiger partial charge in [0.15, 0.2) is 5.89 Å². The lowest BCUT2D eigenvalue weighted by Crippen LogP contribution is -2.54. The topological polar surface area (TPSA) is 111 Å². The van der Waals surface area contributed by atoms with Gasteiger partial charge in [0.1, 0.15) is 12.0 Å². The lowest BCUT2D eigenvalue weighted by Gasteiger charge is -2.50. The van der Waals surface area contributed by atoms with Crippen LogP contribution in [0.3, 0.4) is 0 Å². The number of nitrogens with one attached hydrogen (secondary N) is 1. The minimum atomic E-state index is -3.97. The molecular weight excluding hydrogens is 650 g/mol. The molecule has 3 heterocycles. The molecule has 256 valence electrons. The van der Waals surface area contributed by atoms with E-state index in [4.69, 9.17) is 25.5 Å². The Morgan fingerprint density at radius 3 is 2.77 bits per heavy atom. The van der Waals surface area contributed by atoms with Crippen molar-refractivity contribution in [3.05, 3.63) is 88.6 Å². The van der Waals surface area contributed by atoms with E-state index in [0.29, 0.717) is 44.2 Å². The second-order valence-electron chi connectivity index (χ2n) is 14.3. The molecule has 1 saturated carbocycles. The molecule has 7 rings (SSSR count). The number of carbonyl (C=O) groups excluding carboxylic acids is 1. The number of sulfonamides is 1. The maximum absolute atomic E-state index is 13.5. The fraction of sp³-hybridized carbons (Fsp3) is 0.514. The summed E-state index contributed by atoms with van der Waals surface area (Å²) in [5.41, 5.74) is 2.61. The number of carbonyl (C=O) groups is 1.